The zero-order chi connectivity index (χ0) is 10.2. The molecule has 0 bridgehead atoms. The second-order valence-electron chi connectivity index (χ2n) is 5.44. The van der Waals surface area contributed by atoms with E-state index in [0.717, 1.165) is 5.92 Å². The predicted molar refractivity (Wildman–Crippen MR) is 63.7 cm³/mol. The molecule has 0 spiro atoms. The Bertz CT molecular complexity index is 199. The monoisotopic (exact) mass is 214 g/mol. The Morgan fingerprint density at radius 2 is 2.14 bits per heavy atom. The summed E-state index contributed by atoms with van der Waals surface area (Å²) < 4.78 is 0.462. The molecule has 1 heterocycles. The van der Waals surface area contributed by atoms with Gasteiger partial charge >= 0.3 is 0 Å². The minimum atomic E-state index is 0.462. The van der Waals surface area contributed by atoms with Gasteiger partial charge in [-0.1, -0.05) is 0 Å². The Morgan fingerprint density at radius 1 is 1.43 bits per heavy atom. The first-order valence-corrected chi connectivity index (χ1v) is 6.66. The highest BCUT2D eigenvalue weighted by atomic mass is 32.2. The van der Waals surface area contributed by atoms with E-state index in [-0.39, 0.29) is 0 Å². The molecule has 1 saturated carbocycles. The van der Waals surface area contributed by atoms with Gasteiger partial charge in [-0.25, -0.2) is 0 Å². The van der Waals surface area contributed by atoms with Gasteiger partial charge in [-0.2, -0.15) is 11.8 Å². The molecule has 14 heavy (non-hydrogen) atoms. The van der Waals surface area contributed by atoms with Crippen LogP contribution in [0.4, 0.5) is 0 Å². The van der Waals surface area contributed by atoms with Gasteiger partial charge in [-0.05, 0) is 32.6 Å². The van der Waals surface area contributed by atoms with Gasteiger partial charge in [0.1, 0.15) is 0 Å². The van der Waals surface area contributed by atoms with Crippen molar-refractivity contribution in [2.75, 3.05) is 25.4 Å². The lowest BCUT2D eigenvalue weighted by Gasteiger charge is -2.42. The Balaban J connectivity index is 1.75. The minimum absolute atomic E-state index is 0.462. The van der Waals surface area contributed by atoms with Crippen LogP contribution in [-0.2, 0) is 0 Å². The molecule has 82 valence electrons. The summed E-state index contributed by atoms with van der Waals surface area (Å²) in [7, 11) is 0. The molecule has 0 aromatic rings. The molecule has 1 saturated heterocycles. The van der Waals surface area contributed by atoms with Crippen LogP contribution >= 0.6 is 11.8 Å². The lowest BCUT2D eigenvalue weighted by Crippen LogP contribution is -2.48. The van der Waals surface area contributed by atoms with E-state index >= 15 is 0 Å². The molecule has 2 nitrogen and oxygen atoms in total. The van der Waals surface area contributed by atoms with Gasteiger partial charge in [-0.3, -0.25) is 0 Å². The van der Waals surface area contributed by atoms with Gasteiger partial charge in [0.2, 0.25) is 0 Å². The fourth-order valence-electron chi connectivity index (χ4n) is 2.57. The van der Waals surface area contributed by atoms with Crippen molar-refractivity contribution in [3.8, 4) is 0 Å². The van der Waals surface area contributed by atoms with Gasteiger partial charge in [0, 0.05) is 36.2 Å². The number of rotatable bonds is 2. The van der Waals surface area contributed by atoms with Gasteiger partial charge in [-0.15, -0.1) is 0 Å². The third-order valence-electron chi connectivity index (χ3n) is 3.29. The fourth-order valence-corrected chi connectivity index (χ4v) is 3.75. The third-order valence-corrected chi connectivity index (χ3v) is 4.59. The average molecular weight is 214 g/mol. The van der Waals surface area contributed by atoms with Crippen molar-refractivity contribution >= 4 is 11.8 Å². The van der Waals surface area contributed by atoms with Crippen LogP contribution in [0.15, 0.2) is 0 Å². The van der Waals surface area contributed by atoms with Crippen LogP contribution in [0.5, 0.6) is 0 Å². The second-order valence-corrected chi connectivity index (χ2v) is 7.24. The summed E-state index contributed by atoms with van der Waals surface area (Å²) in [6.45, 7) is 8.54. The van der Waals surface area contributed by atoms with Crippen LogP contribution in [0, 0.1) is 5.92 Å². The molecule has 2 N–H and O–H groups in total. The molecule has 0 atom stereocenters. The fraction of sp³-hybridized carbons (Fsp3) is 1.00. The van der Waals surface area contributed by atoms with E-state index in [1.54, 1.807) is 0 Å². The largest absolute Gasteiger partial charge is 0.328 e. The van der Waals surface area contributed by atoms with Crippen LogP contribution in [0.1, 0.15) is 26.7 Å². The van der Waals surface area contributed by atoms with Crippen LogP contribution in [0.2, 0.25) is 0 Å². The molecule has 0 radical (unpaired) electrons. The Hall–Kier alpha value is 0.270. The SMILES string of the molecule is CC1(C)CN(CC2CC(N)C2)CCS1. The number of nitrogens with two attached hydrogens (primary N) is 1. The van der Waals surface area contributed by atoms with E-state index in [1.165, 1.54) is 38.2 Å². The Labute approximate surface area is 91.6 Å². The number of hydrogen-bond acceptors (Lipinski definition) is 3. The average Bonchev–Trinajstić information content (AvgIpc) is 1.99. The van der Waals surface area contributed by atoms with Gasteiger partial charge in [0.05, 0.1) is 0 Å². The molecule has 0 aromatic heterocycles. The van der Waals surface area contributed by atoms with Crippen molar-refractivity contribution in [1.29, 1.82) is 0 Å². The van der Waals surface area contributed by atoms with Crippen LogP contribution in [-0.4, -0.2) is 41.1 Å². The predicted octanol–water partition coefficient (Wildman–Crippen LogP) is 1.55. The first kappa shape index (κ1) is 10.8. The molecular formula is C11H22N2S. The lowest BCUT2D eigenvalue weighted by molar-refractivity contribution is 0.155. The molecular weight excluding hydrogens is 192 g/mol. The molecule has 0 unspecified atom stereocenters. The third kappa shape index (κ3) is 2.65. The van der Waals surface area contributed by atoms with Gasteiger partial charge in [0.25, 0.3) is 0 Å². The molecule has 1 aliphatic heterocycles. The highest BCUT2D eigenvalue weighted by molar-refractivity contribution is 8.00. The summed E-state index contributed by atoms with van der Waals surface area (Å²) in [6, 6.07) is 0.507. The summed E-state index contributed by atoms with van der Waals surface area (Å²) in [5.74, 6) is 2.19. The van der Waals surface area contributed by atoms with Crippen molar-refractivity contribution < 1.29 is 0 Å². The van der Waals surface area contributed by atoms with Crippen molar-refractivity contribution in [1.82, 2.24) is 4.90 Å². The second kappa shape index (κ2) is 4.03. The van der Waals surface area contributed by atoms with Crippen LogP contribution < -0.4 is 5.73 Å². The zero-order valence-electron chi connectivity index (χ0n) is 9.33. The maximum absolute atomic E-state index is 5.80. The van der Waals surface area contributed by atoms with E-state index < -0.39 is 0 Å². The van der Waals surface area contributed by atoms with Crippen molar-refractivity contribution in [3.05, 3.63) is 0 Å². The van der Waals surface area contributed by atoms with E-state index in [0.29, 0.717) is 10.8 Å². The maximum atomic E-state index is 5.80. The highest BCUT2D eigenvalue weighted by Crippen LogP contribution is 2.32. The molecule has 2 aliphatic rings. The summed E-state index contributed by atoms with van der Waals surface area (Å²) in [5.41, 5.74) is 5.80. The summed E-state index contributed by atoms with van der Waals surface area (Å²) in [5, 5.41) is 0. The standard InChI is InChI=1S/C11H22N2S/c1-11(2)8-13(3-4-14-11)7-9-5-10(12)6-9/h9-10H,3-8,12H2,1-2H3. The van der Waals surface area contributed by atoms with E-state index in [9.17, 15) is 0 Å². The van der Waals surface area contributed by atoms with Gasteiger partial charge < -0.3 is 10.6 Å². The first-order chi connectivity index (χ1) is 6.55. The maximum Gasteiger partial charge on any atom is 0.0231 e. The molecule has 0 aromatic carbocycles. The smallest absolute Gasteiger partial charge is 0.0231 e. The number of thioether (sulfide) groups is 1. The zero-order valence-corrected chi connectivity index (χ0v) is 10.1. The first-order valence-electron chi connectivity index (χ1n) is 5.67. The van der Waals surface area contributed by atoms with Crippen LogP contribution in [0.3, 0.4) is 0 Å². The normalized spacial score (nSPS) is 37.9. The number of hydrogen-bond donors (Lipinski definition) is 1. The minimum Gasteiger partial charge on any atom is -0.328 e. The van der Waals surface area contributed by atoms with Crippen molar-refractivity contribution in [3.63, 3.8) is 0 Å². The van der Waals surface area contributed by atoms with Crippen molar-refractivity contribution in [2.45, 2.75) is 37.5 Å². The Kier molecular flexibility index (Phi) is 3.10. The van der Waals surface area contributed by atoms with E-state index in [1.807, 2.05) is 0 Å². The number of nitrogens with zero attached hydrogens (tertiary/aromatic N) is 1. The van der Waals surface area contributed by atoms with Crippen LogP contribution in [0.25, 0.3) is 0 Å². The highest BCUT2D eigenvalue weighted by Gasteiger charge is 2.32. The quantitative estimate of drug-likeness (QED) is 0.756. The Morgan fingerprint density at radius 3 is 2.71 bits per heavy atom. The van der Waals surface area contributed by atoms with Gasteiger partial charge in [0.15, 0.2) is 0 Å². The molecule has 3 heteroatoms. The summed E-state index contributed by atoms with van der Waals surface area (Å²) in [6.07, 6.45) is 2.51. The summed E-state index contributed by atoms with van der Waals surface area (Å²) in [4.78, 5) is 2.63. The lowest BCUT2D eigenvalue weighted by atomic mass is 9.80. The van der Waals surface area contributed by atoms with E-state index in [4.69, 9.17) is 5.73 Å². The molecule has 0 amide bonds. The molecule has 2 rings (SSSR count). The molecule has 1 aliphatic carbocycles. The van der Waals surface area contributed by atoms with E-state index in [2.05, 4.69) is 30.5 Å². The molecule has 2 fully saturated rings. The topological polar surface area (TPSA) is 29.3 Å². The summed E-state index contributed by atoms with van der Waals surface area (Å²) >= 11 is 2.11. The van der Waals surface area contributed by atoms with Crippen molar-refractivity contribution in [2.24, 2.45) is 11.7 Å².